The van der Waals surface area contributed by atoms with Crippen LogP contribution in [-0.4, -0.2) is 25.2 Å². The lowest BCUT2D eigenvalue weighted by molar-refractivity contribution is 0.362. The van der Waals surface area contributed by atoms with E-state index in [4.69, 9.17) is 10.2 Å². The molecule has 2 N–H and O–H groups in total. The molecule has 98 valence electrons. The summed E-state index contributed by atoms with van der Waals surface area (Å²) in [5.74, 6) is 1.13. The lowest BCUT2D eigenvalue weighted by Crippen LogP contribution is -2.11. The molecule has 0 amide bonds. The van der Waals surface area contributed by atoms with Crippen LogP contribution < -0.4 is 5.73 Å². The van der Waals surface area contributed by atoms with Crippen LogP contribution >= 0.6 is 0 Å². The van der Waals surface area contributed by atoms with Crippen LogP contribution in [0.2, 0.25) is 0 Å². The Hall–Kier alpha value is -1.76. The second kappa shape index (κ2) is 4.49. The Morgan fingerprint density at radius 1 is 1.33 bits per heavy atom. The first-order valence-corrected chi connectivity index (χ1v) is 5.85. The van der Waals surface area contributed by atoms with Crippen molar-refractivity contribution in [3.63, 3.8) is 0 Å². The summed E-state index contributed by atoms with van der Waals surface area (Å²) in [5.41, 5.74) is 6.31. The van der Waals surface area contributed by atoms with E-state index in [1.54, 1.807) is 10.9 Å². The van der Waals surface area contributed by atoms with Gasteiger partial charge in [0.2, 0.25) is 11.8 Å². The Labute approximate surface area is 105 Å². The average Bonchev–Trinajstić information content (AvgIpc) is 2.85. The molecular formula is C11H18N6O. The molecule has 2 aromatic heterocycles. The van der Waals surface area contributed by atoms with E-state index in [1.165, 1.54) is 0 Å². The Morgan fingerprint density at radius 3 is 2.56 bits per heavy atom. The summed E-state index contributed by atoms with van der Waals surface area (Å²) in [7, 11) is 0. The Kier molecular flexibility index (Phi) is 3.16. The summed E-state index contributed by atoms with van der Waals surface area (Å²) in [6.45, 7) is 8.33. The van der Waals surface area contributed by atoms with E-state index in [1.807, 2.05) is 27.7 Å². The molecule has 2 aromatic rings. The highest BCUT2D eigenvalue weighted by Crippen LogP contribution is 2.20. The largest absolute Gasteiger partial charge is 0.423 e. The SMILES string of the molecule is CC(N)c1cn(Cc2nnc(C(C)(C)C)o2)nn1. The average molecular weight is 250 g/mol. The summed E-state index contributed by atoms with van der Waals surface area (Å²) < 4.78 is 7.22. The highest BCUT2D eigenvalue weighted by atomic mass is 16.4. The van der Waals surface area contributed by atoms with Crippen LogP contribution in [0.3, 0.4) is 0 Å². The van der Waals surface area contributed by atoms with Crippen molar-refractivity contribution in [3.05, 3.63) is 23.7 Å². The van der Waals surface area contributed by atoms with E-state index in [0.29, 0.717) is 18.3 Å². The third-order valence-corrected chi connectivity index (χ3v) is 2.43. The summed E-state index contributed by atoms with van der Waals surface area (Å²) in [4.78, 5) is 0. The van der Waals surface area contributed by atoms with Crippen molar-refractivity contribution in [2.75, 3.05) is 0 Å². The first-order chi connectivity index (χ1) is 8.36. The fraction of sp³-hybridized carbons (Fsp3) is 0.636. The summed E-state index contributed by atoms with van der Waals surface area (Å²) in [5, 5.41) is 15.9. The molecule has 2 rings (SSSR count). The van der Waals surface area contributed by atoms with Crippen LogP contribution in [0.1, 0.15) is 51.2 Å². The van der Waals surface area contributed by atoms with Crippen molar-refractivity contribution < 1.29 is 4.42 Å². The molecule has 1 atom stereocenters. The van der Waals surface area contributed by atoms with Gasteiger partial charge in [-0.25, -0.2) is 4.68 Å². The number of hydrogen-bond donors (Lipinski definition) is 1. The number of hydrogen-bond acceptors (Lipinski definition) is 6. The van der Waals surface area contributed by atoms with Gasteiger partial charge in [0.05, 0.1) is 11.9 Å². The van der Waals surface area contributed by atoms with Gasteiger partial charge in [-0.05, 0) is 6.92 Å². The molecule has 0 saturated heterocycles. The predicted molar refractivity (Wildman–Crippen MR) is 64.7 cm³/mol. The van der Waals surface area contributed by atoms with Crippen LogP contribution in [0.15, 0.2) is 10.6 Å². The quantitative estimate of drug-likeness (QED) is 0.874. The van der Waals surface area contributed by atoms with E-state index in [0.717, 1.165) is 5.69 Å². The molecule has 0 saturated carbocycles. The normalized spacial score (nSPS) is 13.8. The molecule has 0 fully saturated rings. The molecule has 1 unspecified atom stereocenters. The van der Waals surface area contributed by atoms with Gasteiger partial charge in [0.15, 0.2) is 0 Å². The van der Waals surface area contributed by atoms with E-state index in [-0.39, 0.29) is 11.5 Å². The van der Waals surface area contributed by atoms with E-state index in [9.17, 15) is 0 Å². The topological polar surface area (TPSA) is 95.7 Å². The summed E-state index contributed by atoms with van der Waals surface area (Å²) in [6, 6.07) is -0.133. The van der Waals surface area contributed by atoms with Crippen LogP contribution in [0.5, 0.6) is 0 Å². The van der Waals surface area contributed by atoms with Gasteiger partial charge >= 0.3 is 0 Å². The van der Waals surface area contributed by atoms with Crippen molar-refractivity contribution in [1.82, 2.24) is 25.2 Å². The fourth-order valence-corrected chi connectivity index (χ4v) is 1.36. The molecule has 2 heterocycles. The molecular weight excluding hydrogens is 232 g/mol. The van der Waals surface area contributed by atoms with Crippen LogP contribution in [0, 0.1) is 0 Å². The van der Waals surface area contributed by atoms with Gasteiger partial charge in [0.1, 0.15) is 6.54 Å². The zero-order chi connectivity index (χ0) is 13.3. The maximum Gasteiger partial charge on any atom is 0.238 e. The molecule has 7 nitrogen and oxygen atoms in total. The highest BCUT2D eigenvalue weighted by molar-refractivity contribution is 4.99. The third kappa shape index (κ3) is 2.73. The molecule has 0 aromatic carbocycles. The van der Waals surface area contributed by atoms with Crippen molar-refractivity contribution in [3.8, 4) is 0 Å². The minimum Gasteiger partial charge on any atom is -0.423 e. The Morgan fingerprint density at radius 2 is 2.06 bits per heavy atom. The molecule has 0 bridgehead atoms. The van der Waals surface area contributed by atoms with Crippen molar-refractivity contribution in [1.29, 1.82) is 0 Å². The van der Waals surface area contributed by atoms with E-state index >= 15 is 0 Å². The van der Waals surface area contributed by atoms with E-state index in [2.05, 4.69) is 20.5 Å². The molecule has 0 aliphatic heterocycles. The van der Waals surface area contributed by atoms with Crippen LogP contribution in [0.4, 0.5) is 0 Å². The zero-order valence-corrected chi connectivity index (χ0v) is 11.1. The molecule has 18 heavy (non-hydrogen) atoms. The van der Waals surface area contributed by atoms with Gasteiger partial charge in [-0.15, -0.1) is 15.3 Å². The maximum atomic E-state index is 5.71. The Balaban J connectivity index is 2.11. The number of nitrogens with zero attached hydrogens (tertiary/aromatic N) is 5. The fourth-order valence-electron chi connectivity index (χ4n) is 1.36. The van der Waals surface area contributed by atoms with Crippen molar-refractivity contribution in [2.45, 2.75) is 45.7 Å². The molecule has 0 spiro atoms. The predicted octanol–water partition coefficient (Wildman–Crippen LogP) is 1.03. The second-order valence-electron chi connectivity index (χ2n) is 5.38. The lowest BCUT2D eigenvalue weighted by atomic mass is 9.97. The first-order valence-electron chi connectivity index (χ1n) is 5.85. The number of rotatable bonds is 3. The standard InChI is InChI=1S/C11H18N6O/c1-7(12)8-5-17(16-13-8)6-9-14-15-10(18-9)11(2,3)4/h5,7H,6,12H2,1-4H3. The minimum atomic E-state index is -0.148. The van der Waals surface area contributed by atoms with Gasteiger partial charge < -0.3 is 10.2 Å². The molecule has 0 aliphatic carbocycles. The van der Waals surface area contributed by atoms with Gasteiger partial charge in [0, 0.05) is 11.5 Å². The van der Waals surface area contributed by atoms with Crippen LogP contribution in [0.25, 0.3) is 0 Å². The van der Waals surface area contributed by atoms with Crippen molar-refractivity contribution >= 4 is 0 Å². The Bertz CT molecular complexity index is 522. The number of nitrogens with two attached hydrogens (primary N) is 1. The summed E-state index contributed by atoms with van der Waals surface area (Å²) in [6.07, 6.45) is 1.78. The maximum absolute atomic E-state index is 5.71. The van der Waals surface area contributed by atoms with Gasteiger partial charge in [0.25, 0.3) is 0 Å². The highest BCUT2D eigenvalue weighted by Gasteiger charge is 2.21. The molecule has 7 heteroatoms. The van der Waals surface area contributed by atoms with Gasteiger partial charge in [-0.1, -0.05) is 26.0 Å². The van der Waals surface area contributed by atoms with E-state index < -0.39 is 0 Å². The second-order valence-corrected chi connectivity index (χ2v) is 5.38. The van der Waals surface area contributed by atoms with Gasteiger partial charge in [-0.3, -0.25) is 0 Å². The molecule has 0 aliphatic rings. The lowest BCUT2D eigenvalue weighted by Gasteiger charge is -2.10. The monoisotopic (exact) mass is 250 g/mol. The third-order valence-electron chi connectivity index (χ3n) is 2.43. The molecule has 0 radical (unpaired) electrons. The number of aromatic nitrogens is 5. The van der Waals surface area contributed by atoms with Crippen LogP contribution in [-0.2, 0) is 12.0 Å². The zero-order valence-electron chi connectivity index (χ0n) is 11.1. The van der Waals surface area contributed by atoms with Gasteiger partial charge in [-0.2, -0.15) is 0 Å². The first kappa shape index (κ1) is 12.7. The minimum absolute atomic E-state index is 0.133. The smallest absolute Gasteiger partial charge is 0.238 e. The van der Waals surface area contributed by atoms with Crippen molar-refractivity contribution in [2.24, 2.45) is 5.73 Å². The summed E-state index contributed by atoms with van der Waals surface area (Å²) >= 11 is 0.